The fourth-order valence-corrected chi connectivity index (χ4v) is 2.67. The van der Waals surface area contributed by atoms with Gasteiger partial charge in [-0.15, -0.1) is 0 Å². The maximum Gasteiger partial charge on any atom is 0.225 e. The molecular formula is C15H22ClN3O2. The second-order valence-electron chi connectivity index (χ2n) is 5.31. The summed E-state index contributed by atoms with van der Waals surface area (Å²) in [6.45, 7) is 2.72. The van der Waals surface area contributed by atoms with Gasteiger partial charge in [0.25, 0.3) is 0 Å². The molecule has 21 heavy (non-hydrogen) atoms. The minimum Gasteiger partial charge on any atom is -0.397 e. The lowest BCUT2D eigenvalue weighted by Gasteiger charge is -2.30. The van der Waals surface area contributed by atoms with Crippen LogP contribution in [-0.2, 0) is 9.53 Å². The van der Waals surface area contributed by atoms with Gasteiger partial charge in [0.15, 0.2) is 0 Å². The van der Waals surface area contributed by atoms with Crippen LogP contribution in [0.5, 0.6) is 0 Å². The summed E-state index contributed by atoms with van der Waals surface area (Å²) < 4.78 is 5.34. The predicted octanol–water partition coefficient (Wildman–Crippen LogP) is 2.36. The van der Waals surface area contributed by atoms with E-state index < -0.39 is 0 Å². The van der Waals surface area contributed by atoms with Crippen LogP contribution in [0.25, 0.3) is 0 Å². The largest absolute Gasteiger partial charge is 0.397 e. The van der Waals surface area contributed by atoms with E-state index in [-0.39, 0.29) is 5.91 Å². The third-order valence-corrected chi connectivity index (χ3v) is 4.05. The number of piperidine rings is 1. The quantitative estimate of drug-likeness (QED) is 0.819. The van der Waals surface area contributed by atoms with E-state index in [1.165, 1.54) is 0 Å². The number of amides is 1. The molecule has 6 heteroatoms. The Balaban J connectivity index is 1.75. The van der Waals surface area contributed by atoms with E-state index in [9.17, 15) is 4.79 Å². The second kappa shape index (κ2) is 7.64. The Kier molecular flexibility index (Phi) is 5.85. The smallest absolute Gasteiger partial charge is 0.225 e. The maximum atomic E-state index is 12.0. The van der Waals surface area contributed by atoms with Crippen LogP contribution in [0.2, 0.25) is 5.02 Å². The highest BCUT2D eigenvalue weighted by Gasteiger charge is 2.19. The first-order chi connectivity index (χ1) is 10.1. The number of carbonyl (C=O) groups is 1. The molecule has 1 amide bonds. The van der Waals surface area contributed by atoms with Crippen LogP contribution in [0, 0.1) is 0 Å². The molecule has 0 unspecified atom stereocenters. The van der Waals surface area contributed by atoms with Crippen molar-refractivity contribution in [2.75, 3.05) is 37.8 Å². The third-order valence-electron chi connectivity index (χ3n) is 3.81. The highest BCUT2D eigenvalue weighted by Crippen LogP contribution is 2.22. The summed E-state index contributed by atoms with van der Waals surface area (Å²) in [5, 5.41) is 3.38. The van der Waals surface area contributed by atoms with Gasteiger partial charge in [0.1, 0.15) is 0 Å². The minimum atomic E-state index is -0.0297. The number of rotatable bonds is 5. The fourth-order valence-electron chi connectivity index (χ4n) is 2.49. The fraction of sp³-hybridized carbons (Fsp3) is 0.533. The number of benzene rings is 1. The van der Waals surface area contributed by atoms with E-state index in [4.69, 9.17) is 22.1 Å². The van der Waals surface area contributed by atoms with E-state index in [0.29, 0.717) is 28.9 Å². The first-order valence-corrected chi connectivity index (χ1v) is 7.56. The zero-order valence-electron chi connectivity index (χ0n) is 12.3. The van der Waals surface area contributed by atoms with Crippen LogP contribution >= 0.6 is 11.6 Å². The zero-order valence-corrected chi connectivity index (χ0v) is 13.0. The van der Waals surface area contributed by atoms with Gasteiger partial charge in [-0.25, -0.2) is 0 Å². The molecule has 0 saturated carbocycles. The minimum absolute atomic E-state index is 0.0297. The van der Waals surface area contributed by atoms with Crippen LogP contribution in [-0.4, -0.2) is 43.7 Å². The van der Waals surface area contributed by atoms with Crippen molar-refractivity contribution in [1.82, 2.24) is 4.90 Å². The van der Waals surface area contributed by atoms with Gasteiger partial charge in [-0.2, -0.15) is 0 Å². The molecule has 1 aromatic rings. The standard InChI is InChI=1S/C15H22ClN3O2/c1-21-12-4-7-19(8-5-12)9-6-15(20)18-14-3-2-11(16)10-13(14)17/h2-3,10,12H,4-9,17H2,1H3,(H,18,20). The molecule has 0 radical (unpaired) electrons. The number of anilines is 2. The molecule has 1 fully saturated rings. The van der Waals surface area contributed by atoms with Crippen molar-refractivity contribution in [1.29, 1.82) is 0 Å². The van der Waals surface area contributed by atoms with Gasteiger partial charge in [-0.05, 0) is 31.0 Å². The van der Waals surface area contributed by atoms with Crippen LogP contribution in [0.3, 0.4) is 0 Å². The summed E-state index contributed by atoms with van der Waals surface area (Å²) in [6, 6.07) is 5.06. The Bertz CT molecular complexity index is 488. The third kappa shape index (κ3) is 4.88. The Morgan fingerprint density at radius 3 is 2.81 bits per heavy atom. The number of hydrogen-bond acceptors (Lipinski definition) is 4. The Morgan fingerprint density at radius 2 is 2.19 bits per heavy atom. The van der Waals surface area contributed by atoms with Gasteiger partial charge < -0.3 is 20.7 Å². The van der Waals surface area contributed by atoms with Crippen molar-refractivity contribution in [2.45, 2.75) is 25.4 Å². The number of hydrogen-bond donors (Lipinski definition) is 2. The van der Waals surface area contributed by atoms with Crippen LogP contribution < -0.4 is 11.1 Å². The molecular weight excluding hydrogens is 290 g/mol. The number of methoxy groups -OCH3 is 1. The van der Waals surface area contributed by atoms with E-state index in [2.05, 4.69) is 10.2 Å². The number of nitrogen functional groups attached to an aromatic ring is 1. The van der Waals surface area contributed by atoms with Gasteiger partial charge in [-0.3, -0.25) is 4.79 Å². The lowest BCUT2D eigenvalue weighted by atomic mass is 10.1. The Labute approximate surface area is 130 Å². The lowest BCUT2D eigenvalue weighted by molar-refractivity contribution is -0.116. The number of halogens is 1. The van der Waals surface area contributed by atoms with E-state index in [0.717, 1.165) is 32.5 Å². The molecule has 1 heterocycles. The lowest BCUT2D eigenvalue weighted by Crippen LogP contribution is -2.38. The SMILES string of the molecule is COC1CCN(CCC(=O)Nc2ccc(Cl)cc2N)CC1. The first-order valence-electron chi connectivity index (χ1n) is 7.18. The molecule has 0 bridgehead atoms. The molecule has 5 nitrogen and oxygen atoms in total. The van der Waals surface area contributed by atoms with Gasteiger partial charge in [0.2, 0.25) is 5.91 Å². The Morgan fingerprint density at radius 1 is 1.48 bits per heavy atom. The van der Waals surface area contributed by atoms with Crippen molar-refractivity contribution in [3.05, 3.63) is 23.2 Å². The van der Waals surface area contributed by atoms with Crippen LogP contribution in [0.4, 0.5) is 11.4 Å². The van der Waals surface area contributed by atoms with Crippen molar-refractivity contribution < 1.29 is 9.53 Å². The summed E-state index contributed by atoms with van der Waals surface area (Å²) in [6.07, 6.45) is 2.88. The summed E-state index contributed by atoms with van der Waals surface area (Å²) in [7, 11) is 1.75. The summed E-state index contributed by atoms with van der Waals surface area (Å²) >= 11 is 5.83. The number of nitrogens with one attached hydrogen (secondary N) is 1. The highest BCUT2D eigenvalue weighted by molar-refractivity contribution is 6.31. The molecule has 0 aliphatic carbocycles. The molecule has 3 N–H and O–H groups in total. The molecule has 2 rings (SSSR count). The number of ether oxygens (including phenoxy) is 1. The second-order valence-corrected chi connectivity index (χ2v) is 5.74. The molecule has 0 atom stereocenters. The number of carbonyl (C=O) groups excluding carboxylic acids is 1. The average Bonchev–Trinajstić information content (AvgIpc) is 2.48. The number of likely N-dealkylation sites (tertiary alicyclic amines) is 1. The van der Waals surface area contributed by atoms with Crippen LogP contribution in [0.1, 0.15) is 19.3 Å². The van der Waals surface area contributed by atoms with E-state index >= 15 is 0 Å². The topological polar surface area (TPSA) is 67.6 Å². The van der Waals surface area contributed by atoms with Crippen LogP contribution in [0.15, 0.2) is 18.2 Å². The predicted molar refractivity (Wildman–Crippen MR) is 85.6 cm³/mol. The normalized spacial score (nSPS) is 16.9. The molecule has 1 saturated heterocycles. The van der Waals surface area contributed by atoms with Gasteiger partial charge >= 0.3 is 0 Å². The van der Waals surface area contributed by atoms with Crippen molar-refractivity contribution in [3.63, 3.8) is 0 Å². The first kappa shape index (κ1) is 16.1. The molecule has 0 spiro atoms. The molecule has 116 valence electrons. The van der Waals surface area contributed by atoms with Gasteiger partial charge in [0, 0.05) is 38.2 Å². The van der Waals surface area contributed by atoms with Crippen molar-refractivity contribution >= 4 is 28.9 Å². The van der Waals surface area contributed by atoms with Crippen molar-refractivity contribution in [3.8, 4) is 0 Å². The van der Waals surface area contributed by atoms with E-state index in [1.54, 1.807) is 25.3 Å². The summed E-state index contributed by atoms with van der Waals surface area (Å²) in [5.41, 5.74) is 6.91. The van der Waals surface area contributed by atoms with Gasteiger partial charge in [-0.1, -0.05) is 11.6 Å². The number of nitrogens with two attached hydrogens (primary N) is 1. The molecule has 1 aliphatic rings. The molecule has 0 aromatic heterocycles. The van der Waals surface area contributed by atoms with E-state index in [1.807, 2.05) is 0 Å². The molecule has 1 aliphatic heterocycles. The summed E-state index contributed by atoms with van der Waals surface area (Å²) in [4.78, 5) is 14.3. The zero-order chi connectivity index (χ0) is 15.2. The monoisotopic (exact) mass is 311 g/mol. The van der Waals surface area contributed by atoms with Crippen molar-refractivity contribution in [2.24, 2.45) is 0 Å². The number of nitrogens with zero attached hydrogens (tertiary/aromatic N) is 1. The summed E-state index contributed by atoms with van der Waals surface area (Å²) in [5.74, 6) is -0.0297. The maximum absolute atomic E-state index is 12.0. The Hall–Kier alpha value is -1.30. The van der Waals surface area contributed by atoms with Gasteiger partial charge in [0.05, 0.1) is 17.5 Å². The molecule has 1 aromatic carbocycles. The average molecular weight is 312 g/mol. The highest BCUT2D eigenvalue weighted by atomic mass is 35.5.